The number of nitrogens with zero attached hydrogens (tertiary/aromatic N) is 1. The van der Waals surface area contributed by atoms with Crippen molar-refractivity contribution in [3.63, 3.8) is 0 Å². The predicted molar refractivity (Wildman–Crippen MR) is 94.0 cm³/mol. The topological polar surface area (TPSA) is 12.5 Å². The molecule has 2 fully saturated rings. The lowest BCUT2D eigenvalue weighted by Crippen LogP contribution is -2.47. The highest BCUT2D eigenvalue weighted by atomic mass is 19.1. The van der Waals surface area contributed by atoms with Crippen LogP contribution in [0.25, 0.3) is 0 Å². The summed E-state index contributed by atoms with van der Waals surface area (Å²) in [5, 5.41) is 0. The number of halogens is 1. The molecule has 0 N–H and O–H groups in total. The summed E-state index contributed by atoms with van der Waals surface area (Å²) < 4.78 is 20.0. The maximum Gasteiger partial charge on any atom is 0.139 e. The van der Waals surface area contributed by atoms with Crippen molar-refractivity contribution in [1.29, 1.82) is 0 Å². The van der Waals surface area contributed by atoms with Crippen molar-refractivity contribution >= 4 is 0 Å². The first-order chi connectivity index (χ1) is 10.8. The molecule has 0 aromatic carbocycles. The fraction of sp³-hybridized carbons (Fsp3) is 0.900. The van der Waals surface area contributed by atoms with Gasteiger partial charge in [0.1, 0.15) is 12.8 Å². The minimum Gasteiger partial charge on any atom is -0.362 e. The van der Waals surface area contributed by atoms with Crippen LogP contribution in [0.1, 0.15) is 59.8 Å². The third-order valence-corrected chi connectivity index (χ3v) is 5.05. The van der Waals surface area contributed by atoms with Crippen molar-refractivity contribution in [3.8, 4) is 11.8 Å². The van der Waals surface area contributed by atoms with E-state index in [1.807, 2.05) is 0 Å². The summed E-state index contributed by atoms with van der Waals surface area (Å²) in [4.78, 5) is 2.31. The molecule has 2 atom stereocenters. The van der Waals surface area contributed by atoms with E-state index in [9.17, 15) is 4.39 Å². The first-order valence-electron chi connectivity index (χ1n) is 9.31. The van der Waals surface area contributed by atoms with Gasteiger partial charge in [-0.25, -0.2) is 4.39 Å². The van der Waals surface area contributed by atoms with Crippen molar-refractivity contribution in [3.05, 3.63) is 0 Å². The Morgan fingerprint density at radius 2 is 1.83 bits per heavy atom. The summed E-state index contributed by atoms with van der Waals surface area (Å²) in [5.41, 5.74) is -0.0145. The van der Waals surface area contributed by atoms with E-state index in [0.717, 1.165) is 31.3 Å². The molecule has 2 rings (SSSR count). The predicted octanol–water partition coefficient (Wildman–Crippen LogP) is 4.29. The number of likely N-dealkylation sites (tertiary alicyclic amines) is 1. The second-order valence-corrected chi connectivity index (χ2v) is 8.59. The van der Waals surface area contributed by atoms with Gasteiger partial charge < -0.3 is 4.74 Å². The third-order valence-electron chi connectivity index (χ3n) is 5.05. The molecule has 0 amide bonds. The maximum absolute atomic E-state index is 14.4. The third kappa shape index (κ3) is 6.81. The minimum absolute atomic E-state index is 0.0145. The van der Waals surface area contributed by atoms with Crippen LogP contribution in [-0.4, -0.2) is 43.4 Å². The van der Waals surface area contributed by atoms with Crippen molar-refractivity contribution in [2.24, 2.45) is 17.3 Å². The molecular formula is C20H34FNO. The molecule has 1 saturated heterocycles. The Bertz CT molecular complexity index is 412. The van der Waals surface area contributed by atoms with Gasteiger partial charge in [-0.15, -0.1) is 0 Å². The lowest BCUT2D eigenvalue weighted by Gasteiger charge is -2.37. The Labute approximate surface area is 142 Å². The average Bonchev–Trinajstić information content (AvgIpc) is 2.47. The van der Waals surface area contributed by atoms with Crippen LogP contribution in [0.3, 0.4) is 0 Å². The minimum atomic E-state index is -0.872. The molecule has 132 valence electrons. The van der Waals surface area contributed by atoms with Crippen LogP contribution < -0.4 is 0 Å². The molecule has 0 spiro atoms. The summed E-state index contributed by atoms with van der Waals surface area (Å²) in [6.07, 6.45) is 4.97. The van der Waals surface area contributed by atoms with Crippen molar-refractivity contribution < 1.29 is 9.13 Å². The molecule has 0 unspecified atom stereocenters. The monoisotopic (exact) mass is 323 g/mol. The molecule has 0 aromatic heterocycles. The summed E-state index contributed by atoms with van der Waals surface area (Å²) in [6, 6.07) is 0. The normalized spacial score (nSPS) is 33.1. The van der Waals surface area contributed by atoms with Gasteiger partial charge in [-0.1, -0.05) is 31.6 Å². The van der Waals surface area contributed by atoms with Crippen LogP contribution in [0.5, 0.6) is 0 Å². The van der Waals surface area contributed by atoms with Gasteiger partial charge in [0.05, 0.1) is 6.10 Å². The van der Waals surface area contributed by atoms with Crippen molar-refractivity contribution in [2.75, 3.05) is 26.2 Å². The molecule has 0 bridgehead atoms. The molecule has 3 heteroatoms. The summed E-state index contributed by atoms with van der Waals surface area (Å²) in [7, 11) is 0. The van der Waals surface area contributed by atoms with Crippen LogP contribution in [0, 0.1) is 29.1 Å². The number of alkyl halides is 1. The lowest BCUT2D eigenvalue weighted by molar-refractivity contribution is -0.0380. The zero-order chi connectivity index (χ0) is 16.9. The van der Waals surface area contributed by atoms with E-state index in [1.54, 1.807) is 0 Å². The highest BCUT2D eigenvalue weighted by molar-refractivity contribution is 5.07. The number of hydrogen-bond donors (Lipinski definition) is 0. The smallest absolute Gasteiger partial charge is 0.139 e. The van der Waals surface area contributed by atoms with Gasteiger partial charge in [0.25, 0.3) is 0 Å². The molecule has 1 heterocycles. The van der Waals surface area contributed by atoms with Crippen LogP contribution in [-0.2, 0) is 4.74 Å². The largest absolute Gasteiger partial charge is 0.362 e. The standard InChI is InChI=1S/C20H34FNO/c1-16-6-8-17(9-7-16)14-22-12-10-19(18(21)15-22)23-13-5-11-20(2,3)4/h16-19H,6-10,12-15H2,1-4H3/t16?,17?,18-,19-/m0/s1. The number of hydrogen-bond acceptors (Lipinski definition) is 2. The van der Waals surface area contributed by atoms with Crippen LogP contribution in [0.15, 0.2) is 0 Å². The van der Waals surface area contributed by atoms with Crippen LogP contribution in [0.4, 0.5) is 4.39 Å². The molecule has 0 aromatic rings. The first kappa shape index (κ1) is 18.7. The fourth-order valence-corrected chi connectivity index (χ4v) is 3.63. The molecule has 23 heavy (non-hydrogen) atoms. The highest BCUT2D eigenvalue weighted by Gasteiger charge is 2.31. The van der Waals surface area contributed by atoms with Gasteiger partial charge in [-0.3, -0.25) is 4.90 Å². The van der Waals surface area contributed by atoms with Crippen molar-refractivity contribution in [2.45, 2.75) is 72.1 Å². The molecule has 2 nitrogen and oxygen atoms in total. The number of piperidine rings is 1. The van der Waals surface area contributed by atoms with E-state index < -0.39 is 6.17 Å². The number of ether oxygens (including phenoxy) is 1. The summed E-state index contributed by atoms with van der Waals surface area (Å²) >= 11 is 0. The highest BCUT2D eigenvalue weighted by Crippen LogP contribution is 2.30. The Morgan fingerprint density at radius 3 is 2.43 bits per heavy atom. The average molecular weight is 323 g/mol. The van der Waals surface area contributed by atoms with Gasteiger partial charge in [-0.05, 0) is 51.9 Å². The molecule has 2 aliphatic rings. The van der Waals surface area contributed by atoms with Crippen LogP contribution >= 0.6 is 0 Å². The first-order valence-corrected chi connectivity index (χ1v) is 9.31. The van der Waals surface area contributed by atoms with E-state index in [-0.39, 0.29) is 11.5 Å². The Morgan fingerprint density at radius 1 is 1.13 bits per heavy atom. The molecular weight excluding hydrogens is 289 g/mol. The second kappa shape index (κ2) is 8.49. The SMILES string of the molecule is CC1CCC(CN2CC[C@H](OCC#CC(C)(C)C)[C@@H](F)C2)CC1. The zero-order valence-electron chi connectivity index (χ0n) is 15.4. The van der Waals surface area contributed by atoms with Gasteiger partial charge in [0.2, 0.25) is 0 Å². The van der Waals surface area contributed by atoms with Gasteiger partial charge in [0, 0.05) is 25.0 Å². The Hall–Kier alpha value is -0.590. The quantitative estimate of drug-likeness (QED) is 0.716. The van der Waals surface area contributed by atoms with E-state index in [2.05, 4.69) is 44.4 Å². The Kier molecular flexibility index (Phi) is 6.92. The summed E-state index contributed by atoms with van der Waals surface area (Å²) in [6.45, 7) is 11.5. The van der Waals surface area contributed by atoms with E-state index in [0.29, 0.717) is 13.2 Å². The second-order valence-electron chi connectivity index (χ2n) is 8.59. The fourth-order valence-electron chi connectivity index (χ4n) is 3.63. The van der Waals surface area contributed by atoms with Gasteiger partial charge in [-0.2, -0.15) is 0 Å². The van der Waals surface area contributed by atoms with E-state index in [4.69, 9.17) is 4.74 Å². The van der Waals surface area contributed by atoms with Gasteiger partial charge in [0.15, 0.2) is 0 Å². The maximum atomic E-state index is 14.4. The Balaban J connectivity index is 1.69. The lowest BCUT2D eigenvalue weighted by atomic mass is 9.82. The summed E-state index contributed by atoms with van der Waals surface area (Å²) in [5.74, 6) is 7.81. The molecule has 1 aliphatic heterocycles. The molecule has 1 saturated carbocycles. The van der Waals surface area contributed by atoms with E-state index in [1.165, 1.54) is 25.7 Å². The number of rotatable bonds is 4. The molecule has 1 aliphatic carbocycles. The van der Waals surface area contributed by atoms with Crippen molar-refractivity contribution in [1.82, 2.24) is 4.90 Å². The van der Waals surface area contributed by atoms with E-state index >= 15 is 0 Å². The van der Waals surface area contributed by atoms with Gasteiger partial charge >= 0.3 is 0 Å². The zero-order valence-corrected chi connectivity index (χ0v) is 15.4. The molecule has 0 radical (unpaired) electrons. The van der Waals surface area contributed by atoms with Crippen LogP contribution in [0.2, 0.25) is 0 Å².